The predicted molar refractivity (Wildman–Crippen MR) is 87.9 cm³/mol. The second kappa shape index (κ2) is 7.59. The van der Waals surface area contributed by atoms with E-state index in [1.807, 2.05) is 29.1 Å². The number of hydrogen-bond donors (Lipinski definition) is 1. The number of nitrogens with zero attached hydrogens (tertiary/aromatic N) is 3. The molecule has 2 N–H and O–H groups in total. The van der Waals surface area contributed by atoms with E-state index in [1.54, 1.807) is 0 Å². The molecule has 5 heteroatoms. The number of nitrogens with two attached hydrogens (primary N) is 1. The highest BCUT2D eigenvalue weighted by atomic mass is 35.5. The zero-order valence-corrected chi connectivity index (χ0v) is 13.0. The highest BCUT2D eigenvalue weighted by molar-refractivity contribution is 5.85. The highest BCUT2D eigenvalue weighted by Gasteiger charge is 2.19. The normalized spacial score (nSPS) is 19.2. The molecule has 1 aliphatic heterocycles. The highest BCUT2D eigenvalue weighted by Crippen LogP contribution is 2.18. The minimum atomic E-state index is 0. The number of piperidine rings is 1. The topological polar surface area (TPSA) is 47.1 Å². The van der Waals surface area contributed by atoms with Gasteiger partial charge in [-0.2, -0.15) is 5.10 Å². The van der Waals surface area contributed by atoms with Crippen molar-refractivity contribution in [1.82, 2.24) is 14.7 Å². The van der Waals surface area contributed by atoms with Gasteiger partial charge in [0.25, 0.3) is 0 Å². The summed E-state index contributed by atoms with van der Waals surface area (Å²) in [5, 5.41) is 4.46. The molecule has 4 nitrogen and oxygen atoms in total. The number of para-hydroxylation sites is 1. The zero-order valence-electron chi connectivity index (χ0n) is 12.2. The number of rotatable bonds is 4. The Morgan fingerprint density at radius 3 is 2.81 bits per heavy atom. The van der Waals surface area contributed by atoms with Crippen molar-refractivity contribution in [3.63, 3.8) is 0 Å². The van der Waals surface area contributed by atoms with Gasteiger partial charge in [0.1, 0.15) is 0 Å². The van der Waals surface area contributed by atoms with E-state index in [0.717, 1.165) is 25.3 Å². The average molecular weight is 307 g/mol. The van der Waals surface area contributed by atoms with Crippen molar-refractivity contribution in [2.24, 2.45) is 11.7 Å². The summed E-state index contributed by atoms with van der Waals surface area (Å²) in [7, 11) is 0. The Labute approximate surface area is 132 Å². The molecule has 1 aliphatic rings. The first kappa shape index (κ1) is 16.0. The fourth-order valence-corrected chi connectivity index (χ4v) is 2.91. The second-order valence-corrected chi connectivity index (χ2v) is 5.61. The summed E-state index contributed by atoms with van der Waals surface area (Å²) < 4.78 is 1.94. The van der Waals surface area contributed by atoms with Crippen LogP contribution in [-0.2, 0) is 6.54 Å². The molecule has 3 rings (SSSR count). The first-order chi connectivity index (χ1) is 9.85. The van der Waals surface area contributed by atoms with E-state index in [1.165, 1.54) is 24.9 Å². The first-order valence-corrected chi connectivity index (χ1v) is 7.36. The zero-order chi connectivity index (χ0) is 13.8. The van der Waals surface area contributed by atoms with Crippen LogP contribution in [-0.4, -0.2) is 34.3 Å². The van der Waals surface area contributed by atoms with Crippen LogP contribution in [0.5, 0.6) is 0 Å². The van der Waals surface area contributed by atoms with Crippen LogP contribution in [0.3, 0.4) is 0 Å². The van der Waals surface area contributed by atoms with Crippen molar-refractivity contribution < 1.29 is 0 Å². The molecule has 114 valence electrons. The SMILES string of the molecule is Cl.NCC1CCCN(Cc2cnn(-c3ccccc3)c2)C1. The fourth-order valence-electron chi connectivity index (χ4n) is 2.91. The molecule has 0 spiro atoms. The van der Waals surface area contributed by atoms with Gasteiger partial charge in [-0.05, 0) is 44.0 Å². The van der Waals surface area contributed by atoms with Gasteiger partial charge in [0.05, 0.1) is 11.9 Å². The van der Waals surface area contributed by atoms with Crippen molar-refractivity contribution in [3.8, 4) is 5.69 Å². The van der Waals surface area contributed by atoms with E-state index in [-0.39, 0.29) is 12.4 Å². The maximum Gasteiger partial charge on any atom is 0.0645 e. The number of aromatic nitrogens is 2. The van der Waals surface area contributed by atoms with Gasteiger partial charge in [-0.3, -0.25) is 4.90 Å². The lowest BCUT2D eigenvalue weighted by molar-refractivity contribution is 0.171. The summed E-state index contributed by atoms with van der Waals surface area (Å²) in [6, 6.07) is 10.2. The number of halogens is 1. The monoisotopic (exact) mass is 306 g/mol. The van der Waals surface area contributed by atoms with Crippen molar-refractivity contribution in [2.75, 3.05) is 19.6 Å². The van der Waals surface area contributed by atoms with Crippen LogP contribution in [0.25, 0.3) is 5.69 Å². The van der Waals surface area contributed by atoms with Gasteiger partial charge < -0.3 is 5.73 Å². The van der Waals surface area contributed by atoms with E-state index in [2.05, 4.69) is 28.3 Å². The minimum Gasteiger partial charge on any atom is -0.330 e. The minimum absolute atomic E-state index is 0. The van der Waals surface area contributed by atoms with E-state index in [9.17, 15) is 0 Å². The van der Waals surface area contributed by atoms with Crippen molar-refractivity contribution >= 4 is 12.4 Å². The van der Waals surface area contributed by atoms with Gasteiger partial charge in [-0.1, -0.05) is 18.2 Å². The fraction of sp³-hybridized carbons (Fsp3) is 0.438. The Hall–Kier alpha value is -1.36. The summed E-state index contributed by atoms with van der Waals surface area (Å²) in [6.45, 7) is 4.07. The van der Waals surface area contributed by atoms with Gasteiger partial charge >= 0.3 is 0 Å². The average Bonchev–Trinajstić information content (AvgIpc) is 2.97. The Bertz CT molecular complexity index is 540. The molecule has 2 heterocycles. The largest absolute Gasteiger partial charge is 0.330 e. The third kappa shape index (κ3) is 4.06. The summed E-state index contributed by atoms with van der Waals surface area (Å²) in [5.41, 5.74) is 8.17. The molecule has 0 aliphatic carbocycles. The van der Waals surface area contributed by atoms with Crippen LogP contribution in [0.4, 0.5) is 0 Å². The maximum atomic E-state index is 5.80. The van der Waals surface area contributed by atoms with Crippen LogP contribution in [0.2, 0.25) is 0 Å². The molecule has 0 radical (unpaired) electrons. The molecule has 1 aromatic carbocycles. The van der Waals surface area contributed by atoms with Gasteiger partial charge in [0.2, 0.25) is 0 Å². The standard InChI is InChI=1S/C16H22N4.ClH/c17-9-14-5-4-8-19(11-14)12-15-10-18-20(13-15)16-6-2-1-3-7-16;/h1-3,6-7,10,13-14H,4-5,8-9,11-12,17H2;1H. The lowest BCUT2D eigenvalue weighted by Gasteiger charge is -2.31. The van der Waals surface area contributed by atoms with Gasteiger partial charge in [-0.25, -0.2) is 4.68 Å². The number of likely N-dealkylation sites (tertiary alicyclic amines) is 1. The van der Waals surface area contributed by atoms with Gasteiger partial charge in [-0.15, -0.1) is 12.4 Å². The van der Waals surface area contributed by atoms with Crippen molar-refractivity contribution in [3.05, 3.63) is 48.3 Å². The van der Waals surface area contributed by atoms with Gasteiger partial charge in [0.15, 0.2) is 0 Å². The molecule has 0 saturated carbocycles. The number of benzene rings is 1. The molecule has 2 aromatic rings. The molecule has 1 aromatic heterocycles. The molecule has 1 fully saturated rings. The Morgan fingerprint density at radius 1 is 1.24 bits per heavy atom. The molecular weight excluding hydrogens is 284 g/mol. The van der Waals surface area contributed by atoms with Crippen LogP contribution in [0.1, 0.15) is 18.4 Å². The third-order valence-corrected chi connectivity index (χ3v) is 4.00. The lowest BCUT2D eigenvalue weighted by atomic mass is 9.98. The smallest absolute Gasteiger partial charge is 0.0645 e. The summed E-state index contributed by atoms with van der Waals surface area (Å²) in [6.07, 6.45) is 6.63. The Morgan fingerprint density at radius 2 is 2.05 bits per heavy atom. The van der Waals surface area contributed by atoms with E-state index < -0.39 is 0 Å². The van der Waals surface area contributed by atoms with Crippen LogP contribution in [0.15, 0.2) is 42.7 Å². The van der Waals surface area contributed by atoms with Crippen LogP contribution >= 0.6 is 12.4 Å². The molecule has 0 amide bonds. The van der Waals surface area contributed by atoms with E-state index in [0.29, 0.717) is 5.92 Å². The molecule has 1 saturated heterocycles. The molecule has 1 unspecified atom stereocenters. The summed E-state index contributed by atoms with van der Waals surface area (Å²) in [5.74, 6) is 0.660. The Kier molecular flexibility index (Phi) is 5.79. The van der Waals surface area contributed by atoms with E-state index >= 15 is 0 Å². The summed E-state index contributed by atoms with van der Waals surface area (Å²) in [4.78, 5) is 2.49. The molecule has 21 heavy (non-hydrogen) atoms. The first-order valence-electron chi connectivity index (χ1n) is 7.36. The maximum absolute atomic E-state index is 5.80. The van der Waals surface area contributed by atoms with Crippen LogP contribution in [0, 0.1) is 5.92 Å². The van der Waals surface area contributed by atoms with Crippen molar-refractivity contribution in [2.45, 2.75) is 19.4 Å². The third-order valence-electron chi connectivity index (χ3n) is 4.00. The summed E-state index contributed by atoms with van der Waals surface area (Å²) >= 11 is 0. The second-order valence-electron chi connectivity index (χ2n) is 5.61. The lowest BCUT2D eigenvalue weighted by Crippen LogP contribution is -2.37. The molecular formula is C16H23ClN4. The molecule has 0 bridgehead atoms. The van der Waals surface area contributed by atoms with Crippen molar-refractivity contribution in [1.29, 1.82) is 0 Å². The Balaban J connectivity index is 0.00000161. The molecule has 1 atom stereocenters. The van der Waals surface area contributed by atoms with Gasteiger partial charge in [0, 0.05) is 24.8 Å². The predicted octanol–water partition coefficient (Wildman–Crippen LogP) is 2.46. The quantitative estimate of drug-likeness (QED) is 0.944. The van der Waals surface area contributed by atoms with E-state index in [4.69, 9.17) is 5.73 Å². The number of hydrogen-bond acceptors (Lipinski definition) is 3. The van der Waals surface area contributed by atoms with Crippen LogP contribution < -0.4 is 5.73 Å².